The maximum Gasteiger partial charge on any atom is 0.348 e. The molecule has 21 heavy (non-hydrogen) atoms. The molecule has 0 aliphatic carbocycles. The lowest BCUT2D eigenvalue weighted by molar-refractivity contribution is -0.168. The Kier molecular flexibility index (Phi) is 4.42. The van der Waals surface area contributed by atoms with Gasteiger partial charge in [-0.05, 0) is 31.2 Å². The molecule has 114 valence electrons. The van der Waals surface area contributed by atoms with Crippen LogP contribution in [0.5, 0.6) is 5.75 Å². The van der Waals surface area contributed by atoms with Crippen LogP contribution >= 0.6 is 11.6 Å². The van der Waals surface area contributed by atoms with Gasteiger partial charge in [0, 0.05) is 10.4 Å². The minimum absolute atomic E-state index is 0.232. The van der Waals surface area contributed by atoms with Gasteiger partial charge in [-0.3, -0.25) is 0 Å². The zero-order valence-corrected chi connectivity index (χ0v) is 12.8. The van der Waals surface area contributed by atoms with E-state index in [0.29, 0.717) is 10.8 Å². The molecule has 5 nitrogen and oxygen atoms in total. The lowest BCUT2D eigenvalue weighted by Gasteiger charge is -2.23. The van der Waals surface area contributed by atoms with Crippen molar-refractivity contribution in [2.24, 2.45) is 5.41 Å². The molecule has 1 aliphatic rings. The smallest absolute Gasteiger partial charge is 0.348 e. The Hall–Kier alpha value is -1.75. The van der Waals surface area contributed by atoms with Gasteiger partial charge in [-0.2, -0.15) is 0 Å². The van der Waals surface area contributed by atoms with Crippen LogP contribution in [0, 0.1) is 5.41 Å². The number of cyclic esters (lactones) is 1. The number of ether oxygens (including phenoxy) is 3. The zero-order valence-electron chi connectivity index (χ0n) is 12.1. The van der Waals surface area contributed by atoms with Crippen molar-refractivity contribution >= 4 is 23.5 Å². The molecule has 1 saturated heterocycles. The summed E-state index contributed by atoms with van der Waals surface area (Å²) in [6.45, 7) is 5.40. The minimum atomic E-state index is -0.902. The van der Waals surface area contributed by atoms with Crippen molar-refractivity contribution in [3.8, 4) is 5.75 Å². The van der Waals surface area contributed by atoms with E-state index in [0.717, 1.165) is 0 Å². The first kappa shape index (κ1) is 15.6. The Balaban J connectivity index is 1.96. The number of hydrogen-bond acceptors (Lipinski definition) is 5. The van der Waals surface area contributed by atoms with E-state index in [-0.39, 0.29) is 6.61 Å². The van der Waals surface area contributed by atoms with Crippen molar-refractivity contribution in [1.29, 1.82) is 0 Å². The second-order valence-corrected chi connectivity index (χ2v) is 6.06. The van der Waals surface area contributed by atoms with Crippen molar-refractivity contribution in [2.75, 3.05) is 6.61 Å². The largest absolute Gasteiger partial charge is 0.479 e. The summed E-state index contributed by atoms with van der Waals surface area (Å²) in [4.78, 5) is 23.6. The number of hydrogen-bond donors (Lipinski definition) is 0. The summed E-state index contributed by atoms with van der Waals surface area (Å²) in [7, 11) is 0. The third kappa shape index (κ3) is 3.67. The zero-order chi connectivity index (χ0) is 15.6. The van der Waals surface area contributed by atoms with Crippen molar-refractivity contribution in [1.82, 2.24) is 0 Å². The minimum Gasteiger partial charge on any atom is -0.479 e. The van der Waals surface area contributed by atoms with E-state index in [9.17, 15) is 9.59 Å². The lowest BCUT2D eigenvalue weighted by Crippen LogP contribution is -2.38. The summed E-state index contributed by atoms with van der Waals surface area (Å²) in [5, 5.41) is 0.577. The molecule has 1 aromatic rings. The molecule has 1 heterocycles. The lowest BCUT2D eigenvalue weighted by atomic mass is 9.90. The Labute approximate surface area is 128 Å². The molecule has 6 heteroatoms. The van der Waals surface area contributed by atoms with E-state index in [2.05, 4.69) is 0 Å². The van der Waals surface area contributed by atoms with E-state index in [1.807, 2.05) is 0 Å². The van der Waals surface area contributed by atoms with Crippen LogP contribution in [0.15, 0.2) is 24.3 Å². The maximum absolute atomic E-state index is 12.0. The van der Waals surface area contributed by atoms with E-state index in [1.54, 1.807) is 45.0 Å². The molecule has 1 aromatic carbocycles. The Morgan fingerprint density at radius 2 is 2.00 bits per heavy atom. The Bertz CT molecular complexity index is 537. The summed E-state index contributed by atoms with van der Waals surface area (Å²) in [6, 6.07) is 6.62. The van der Waals surface area contributed by atoms with Crippen molar-refractivity contribution in [3.63, 3.8) is 0 Å². The van der Waals surface area contributed by atoms with E-state index >= 15 is 0 Å². The highest BCUT2D eigenvalue weighted by Gasteiger charge is 2.47. The molecule has 0 bridgehead atoms. The maximum atomic E-state index is 12.0. The second kappa shape index (κ2) is 5.93. The normalized spacial score (nSPS) is 21.5. The number of benzene rings is 1. The van der Waals surface area contributed by atoms with Crippen LogP contribution in [0.25, 0.3) is 0 Å². The topological polar surface area (TPSA) is 61.8 Å². The van der Waals surface area contributed by atoms with E-state index in [4.69, 9.17) is 25.8 Å². The summed E-state index contributed by atoms with van der Waals surface area (Å²) < 4.78 is 15.6. The summed E-state index contributed by atoms with van der Waals surface area (Å²) in [5.41, 5.74) is -0.535. The molecule has 0 radical (unpaired) electrons. The highest BCUT2D eigenvalue weighted by Crippen LogP contribution is 2.31. The summed E-state index contributed by atoms with van der Waals surface area (Å²) >= 11 is 5.77. The van der Waals surface area contributed by atoms with Gasteiger partial charge in [-0.25, -0.2) is 9.59 Å². The molecule has 0 saturated carbocycles. The van der Waals surface area contributed by atoms with E-state index < -0.39 is 29.6 Å². The van der Waals surface area contributed by atoms with Gasteiger partial charge in [0.2, 0.25) is 6.10 Å². The van der Waals surface area contributed by atoms with Crippen LogP contribution in [0.4, 0.5) is 0 Å². The molecule has 1 aliphatic heterocycles. The van der Waals surface area contributed by atoms with Crippen LogP contribution in [-0.2, 0) is 19.1 Å². The van der Waals surface area contributed by atoms with Crippen molar-refractivity contribution in [3.05, 3.63) is 29.3 Å². The fourth-order valence-electron chi connectivity index (χ4n) is 1.91. The van der Waals surface area contributed by atoms with Gasteiger partial charge in [-0.15, -0.1) is 0 Å². The van der Waals surface area contributed by atoms with Gasteiger partial charge in [0.25, 0.3) is 0 Å². The number of rotatable bonds is 4. The number of carbonyl (C=O) groups is 2. The molecule has 0 unspecified atom stereocenters. The molecular formula is C15H17ClO5. The monoisotopic (exact) mass is 312 g/mol. The first-order valence-corrected chi connectivity index (χ1v) is 6.97. The first-order chi connectivity index (χ1) is 9.79. The van der Waals surface area contributed by atoms with Crippen LogP contribution in [0.3, 0.4) is 0 Å². The van der Waals surface area contributed by atoms with Crippen LogP contribution < -0.4 is 4.74 Å². The first-order valence-electron chi connectivity index (χ1n) is 6.59. The predicted octanol–water partition coefficient (Wildman–Crippen LogP) is 2.60. The molecule has 1 fully saturated rings. The average Bonchev–Trinajstić information content (AvgIpc) is 2.68. The SMILES string of the molecule is C[C@@H](Oc1ccc(Cl)cc1)C(=O)O[C@H]1C(=O)OCC1(C)C. The molecule has 0 amide bonds. The van der Waals surface area contributed by atoms with Gasteiger partial charge < -0.3 is 14.2 Å². The molecule has 0 aromatic heterocycles. The van der Waals surface area contributed by atoms with Gasteiger partial charge in [0.1, 0.15) is 12.4 Å². The second-order valence-electron chi connectivity index (χ2n) is 5.63. The Morgan fingerprint density at radius 1 is 1.38 bits per heavy atom. The molecule has 0 N–H and O–H groups in total. The number of esters is 2. The third-order valence-electron chi connectivity index (χ3n) is 3.20. The fraction of sp³-hybridized carbons (Fsp3) is 0.467. The Morgan fingerprint density at radius 3 is 2.52 bits per heavy atom. The van der Waals surface area contributed by atoms with Crippen molar-refractivity contribution in [2.45, 2.75) is 33.0 Å². The molecule has 2 rings (SSSR count). The summed E-state index contributed by atoms with van der Waals surface area (Å²) in [5.74, 6) is -0.633. The molecule has 0 spiro atoms. The van der Waals surface area contributed by atoms with Crippen LogP contribution in [0.2, 0.25) is 5.02 Å². The number of carbonyl (C=O) groups excluding carboxylic acids is 2. The van der Waals surface area contributed by atoms with Crippen molar-refractivity contribution < 1.29 is 23.8 Å². The standard InChI is InChI=1S/C15H17ClO5/c1-9(20-11-6-4-10(16)5-7-11)13(17)21-12-14(18)19-8-15(12,2)3/h4-7,9,12H,8H2,1-3H3/t9-,12+/m1/s1. The molecule has 2 atom stereocenters. The van der Waals surface area contributed by atoms with Gasteiger partial charge in [-0.1, -0.05) is 25.4 Å². The van der Waals surface area contributed by atoms with Crippen LogP contribution in [-0.4, -0.2) is 30.8 Å². The van der Waals surface area contributed by atoms with Gasteiger partial charge in [0.05, 0.1) is 0 Å². The number of halogens is 1. The summed E-state index contributed by atoms with van der Waals surface area (Å²) in [6.07, 6.45) is -1.74. The van der Waals surface area contributed by atoms with Gasteiger partial charge in [0.15, 0.2) is 6.10 Å². The fourth-order valence-corrected chi connectivity index (χ4v) is 2.04. The highest BCUT2D eigenvalue weighted by atomic mass is 35.5. The quantitative estimate of drug-likeness (QED) is 0.800. The predicted molar refractivity (Wildman–Crippen MR) is 76.2 cm³/mol. The van der Waals surface area contributed by atoms with Gasteiger partial charge >= 0.3 is 11.9 Å². The average molecular weight is 313 g/mol. The molecular weight excluding hydrogens is 296 g/mol. The highest BCUT2D eigenvalue weighted by molar-refractivity contribution is 6.30. The van der Waals surface area contributed by atoms with Crippen LogP contribution in [0.1, 0.15) is 20.8 Å². The third-order valence-corrected chi connectivity index (χ3v) is 3.45. The van der Waals surface area contributed by atoms with E-state index in [1.165, 1.54) is 0 Å².